The molecule has 110 valence electrons. The maximum absolute atomic E-state index is 11.8. The summed E-state index contributed by atoms with van der Waals surface area (Å²) in [4.78, 5) is 11.8. The van der Waals surface area contributed by atoms with Crippen molar-refractivity contribution in [1.82, 2.24) is 0 Å². The van der Waals surface area contributed by atoms with Crippen molar-refractivity contribution in [2.45, 2.75) is 6.42 Å². The second-order valence-corrected chi connectivity index (χ2v) is 6.09. The van der Waals surface area contributed by atoms with Crippen LogP contribution in [0, 0.1) is 0 Å². The Morgan fingerprint density at radius 1 is 1.00 bits per heavy atom. The van der Waals surface area contributed by atoms with Crippen molar-refractivity contribution >= 4 is 56.4 Å². The molecule has 0 aromatic heterocycles. The van der Waals surface area contributed by atoms with E-state index in [1.54, 1.807) is 18.2 Å². The van der Waals surface area contributed by atoms with Crippen LogP contribution in [0.3, 0.4) is 0 Å². The lowest BCUT2D eigenvalue weighted by Gasteiger charge is -2.08. The summed E-state index contributed by atoms with van der Waals surface area (Å²) in [5, 5.41) is 6.84. The second-order valence-electron chi connectivity index (χ2n) is 4.36. The van der Waals surface area contributed by atoms with Gasteiger partial charge in [-0.3, -0.25) is 4.79 Å². The molecule has 0 saturated carbocycles. The third kappa shape index (κ3) is 5.23. The third-order valence-electron chi connectivity index (χ3n) is 2.73. The normalized spacial score (nSPS) is 10.2. The molecule has 0 radical (unpaired) electrons. The van der Waals surface area contributed by atoms with Crippen LogP contribution in [0.4, 0.5) is 11.4 Å². The number of hydrogen-bond acceptors (Lipinski definition) is 2. The summed E-state index contributed by atoms with van der Waals surface area (Å²) in [6.45, 7) is 0.550. The average molecular weight is 388 g/mol. The highest BCUT2D eigenvalue weighted by Gasteiger charge is 2.04. The minimum Gasteiger partial charge on any atom is -0.385 e. The number of amides is 1. The maximum Gasteiger partial charge on any atom is 0.226 e. The third-order valence-corrected chi connectivity index (χ3v) is 4.00. The van der Waals surface area contributed by atoms with E-state index >= 15 is 0 Å². The van der Waals surface area contributed by atoms with Gasteiger partial charge in [0.2, 0.25) is 5.91 Å². The molecule has 0 aliphatic heterocycles. The largest absolute Gasteiger partial charge is 0.385 e. The van der Waals surface area contributed by atoms with Gasteiger partial charge in [-0.25, -0.2) is 0 Å². The lowest BCUT2D eigenvalue weighted by atomic mass is 10.3. The first-order valence-corrected chi connectivity index (χ1v) is 7.84. The Morgan fingerprint density at radius 3 is 2.33 bits per heavy atom. The summed E-state index contributed by atoms with van der Waals surface area (Å²) in [5.74, 6) is -0.0852. The average Bonchev–Trinajstić information content (AvgIpc) is 2.45. The topological polar surface area (TPSA) is 41.1 Å². The van der Waals surface area contributed by atoms with Crippen LogP contribution in [-0.4, -0.2) is 12.5 Å². The Balaban J connectivity index is 1.79. The molecule has 0 saturated heterocycles. The van der Waals surface area contributed by atoms with E-state index in [9.17, 15) is 4.79 Å². The molecule has 2 rings (SSSR count). The van der Waals surface area contributed by atoms with Crippen molar-refractivity contribution in [3.05, 3.63) is 57.0 Å². The molecule has 3 nitrogen and oxygen atoms in total. The standard InChI is InChI=1S/C15H13BrCl2N2O/c16-10-1-3-11(4-2-10)19-8-7-15(21)20-12-5-6-13(17)14(18)9-12/h1-6,9,19H,7-8H2,(H,20,21). The van der Waals surface area contributed by atoms with E-state index < -0.39 is 0 Å². The molecule has 0 atom stereocenters. The molecule has 0 bridgehead atoms. The van der Waals surface area contributed by atoms with Gasteiger partial charge < -0.3 is 10.6 Å². The summed E-state index contributed by atoms with van der Waals surface area (Å²) in [5.41, 5.74) is 1.61. The molecule has 1 amide bonds. The first kappa shape index (κ1) is 16.1. The predicted molar refractivity (Wildman–Crippen MR) is 92.3 cm³/mol. The van der Waals surface area contributed by atoms with E-state index in [0.29, 0.717) is 28.7 Å². The van der Waals surface area contributed by atoms with Crippen molar-refractivity contribution in [2.75, 3.05) is 17.2 Å². The molecule has 0 heterocycles. The number of carbonyl (C=O) groups excluding carboxylic acids is 1. The highest BCUT2D eigenvalue weighted by Crippen LogP contribution is 2.25. The Morgan fingerprint density at radius 2 is 1.67 bits per heavy atom. The summed E-state index contributed by atoms with van der Waals surface area (Å²) in [6, 6.07) is 12.8. The van der Waals surface area contributed by atoms with Gasteiger partial charge in [-0.2, -0.15) is 0 Å². The van der Waals surface area contributed by atoms with Gasteiger partial charge in [0, 0.05) is 28.8 Å². The van der Waals surface area contributed by atoms with Crippen LogP contribution in [0.15, 0.2) is 46.9 Å². The van der Waals surface area contributed by atoms with E-state index in [2.05, 4.69) is 26.6 Å². The second kappa shape index (κ2) is 7.69. The van der Waals surface area contributed by atoms with E-state index in [-0.39, 0.29) is 5.91 Å². The van der Waals surface area contributed by atoms with Gasteiger partial charge in [0.1, 0.15) is 0 Å². The van der Waals surface area contributed by atoms with Gasteiger partial charge >= 0.3 is 0 Å². The van der Waals surface area contributed by atoms with Crippen LogP contribution >= 0.6 is 39.1 Å². The van der Waals surface area contributed by atoms with Crippen LogP contribution in [-0.2, 0) is 4.79 Å². The molecule has 21 heavy (non-hydrogen) atoms. The zero-order chi connectivity index (χ0) is 15.2. The van der Waals surface area contributed by atoms with Gasteiger partial charge in [-0.15, -0.1) is 0 Å². The highest BCUT2D eigenvalue weighted by molar-refractivity contribution is 9.10. The SMILES string of the molecule is O=C(CCNc1ccc(Br)cc1)Nc1ccc(Cl)c(Cl)c1. The van der Waals surface area contributed by atoms with Crippen LogP contribution in [0.1, 0.15) is 6.42 Å². The number of halogens is 3. The van der Waals surface area contributed by atoms with E-state index in [1.807, 2.05) is 24.3 Å². The van der Waals surface area contributed by atoms with Crippen molar-refractivity contribution < 1.29 is 4.79 Å². The Bertz CT molecular complexity index is 632. The molecular weight excluding hydrogens is 375 g/mol. The zero-order valence-corrected chi connectivity index (χ0v) is 14.1. The van der Waals surface area contributed by atoms with Crippen LogP contribution in [0.5, 0.6) is 0 Å². The molecule has 0 aliphatic rings. The van der Waals surface area contributed by atoms with Crippen molar-refractivity contribution in [1.29, 1.82) is 0 Å². The van der Waals surface area contributed by atoms with Gasteiger partial charge in [-0.1, -0.05) is 39.1 Å². The number of hydrogen-bond donors (Lipinski definition) is 2. The summed E-state index contributed by atoms with van der Waals surface area (Å²) in [7, 11) is 0. The smallest absolute Gasteiger partial charge is 0.226 e. The van der Waals surface area contributed by atoms with Gasteiger partial charge in [0.25, 0.3) is 0 Å². The first-order chi connectivity index (χ1) is 10.0. The highest BCUT2D eigenvalue weighted by atomic mass is 79.9. The zero-order valence-electron chi connectivity index (χ0n) is 11.0. The minimum absolute atomic E-state index is 0.0852. The van der Waals surface area contributed by atoms with E-state index in [1.165, 1.54) is 0 Å². The fourth-order valence-electron chi connectivity index (χ4n) is 1.69. The molecule has 0 unspecified atom stereocenters. The van der Waals surface area contributed by atoms with Crippen LogP contribution in [0.2, 0.25) is 10.0 Å². The molecule has 2 N–H and O–H groups in total. The summed E-state index contributed by atoms with van der Waals surface area (Å²) in [6.07, 6.45) is 0.357. The molecule has 0 spiro atoms. The van der Waals surface area contributed by atoms with Gasteiger partial charge in [0.05, 0.1) is 10.0 Å². The number of nitrogens with one attached hydrogen (secondary N) is 2. The Hall–Kier alpha value is -1.23. The summed E-state index contributed by atoms with van der Waals surface area (Å²) < 4.78 is 1.02. The van der Waals surface area contributed by atoms with Crippen molar-refractivity contribution in [2.24, 2.45) is 0 Å². The quantitative estimate of drug-likeness (QED) is 0.740. The fraction of sp³-hybridized carbons (Fsp3) is 0.133. The lowest BCUT2D eigenvalue weighted by Crippen LogP contribution is -2.16. The number of carbonyl (C=O) groups is 1. The Labute approximate surface area is 141 Å². The molecular formula is C15H13BrCl2N2O. The number of benzene rings is 2. The van der Waals surface area contributed by atoms with Crippen molar-refractivity contribution in [3.63, 3.8) is 0 Å². The van der Waals surface area contributed by atoms with Crippen LogP contribution < -0.4 is 10.6 Å². The fourth-order valence-corrected chi connectivity index (χ4v) is 2.25. The number of rotatable bonds is 5. The van der Waals surface area contributed by atoms with Crippen molar-refractivity contribution in [3.8, 4) is 0 Å². The monoisotopic (exact) mass is 386 g/mol. The minimum atomic E-state index is -0.0852. The van der Waals surface area contributed by atoms with E-state index in [0.717, 1.165) is 10.2 Å². The first-order valence-electron chi connectivity index (χ1n) is 6.29. The molecule has 6 heteroatoms. The van der Waals surface area contributed by atoms with E-state index in [4.69, 9.17) is 23.2 Å². The molecule has 2 aromatic carbocycles. The Kier molecular flexibility index (Phi) is 5.91. The predicted octanol–water partition coefficient (Wildman–Crippen LogP) is 5.20. The van der Waals surface area contributed by atoms with Gasteiger partial charge in [0.15, 0.2) is 0 Å². The summed E-state index contributed by atoms with van der Waals surface area (Å²) >= 11 is 15.1. The number of anilines is 2. The lowest BCUT2D eigenvalue weighted by molar-refractivity contribution is -0.115. The maximum atomic E-state index is 11.8. The molecule has 2 aromatic rings. The van der Waals surface area contributed by atoms with Gasteiger partial charge in [-0.05, 0) is 42.5 Å². The molecule has 0 fully saturated rings. The van der Waals surface area contributed by atoms with Crippen LogP contribution in [0.25, 0.3) is 0 Å². The molecule has 0 aliphatic carbocycles.